The fourth-order valence-corrected chi connectivity index (χ4v) is 3.15. The lowest BCUT2D eigenvalue weighted by Crippen LogP contribution is -2.38. The monoisotopic (exact) mass is 376 g/mol. The van der Waals surface area contributed by atoms with E-state index >= 15 is 0 Å². The summed E-state index contributed by atoms with van der Waals surface area (Å²) in [6, 6.07) is 11.7. The van der Waals surface area contributed by atoms with Gasteiger partial charge >= 0.3 is 6.18 Å². The number of aldehydes is 1. The Hall–Kier alpha value is -2.83. The van der Waals surface area contributed by atoms with Gasteiger partial charge in [0.2, 0.25) is 5.91 Å². The topological polar surface area (TPSA) is 49.4 Å². The highest BCUT2D eigenvalue weighted by atomic mass is 19.4. The van der Waals surface area contributed by atoms with Gasteiger partial charge in [-0.05, 0) is 61.4 Å². The van der Waals surface area contributed by atoms with Crippen molar-refractivity contribution in [1.82, 2.24) is 0 Å². The number of hydrogen-bond acceptors (Lipinski definition) is 3. The Morgan fingerprint density at radius 2 is 1.59 bits per heavy atom. The molecule has 1 fully saturated rings. The number of nitrogens with zero attached hydrogens (tertiary/aromatic N) is 1. The number of nitrogens with one attached hydrogen (secondary N) is 1. The third-order valence-corrected chi connectivity index (χ3v) is 4.74. The molecule has 0 saturated carbocycles. The fourth-order valence-electron chi connectivity index (χ4n) is 3.15. The Kier molecular flexibility index (Phi) is 5.48. The molecule has 4 nitrogen and oxygen atoms in total. The minimum Gasteiger partial charge on any atom is -0.371 e. The third kappa shape index (κ3) is 4.67. The number of carbonyl (C=O) groups excluding carboxylic acids is 2. The first kappa shape index (κ1) is 18.9. The van der Waals surface area contributed by atoms with Crippen molar-refractivity contribution in [2.45, 2.75) is 19.0 Å². The van der Waals surface area contributed by atoms with Crippen LogP contribution < -0.4 is 10.2 Å². The molecule has 0 unspecified atom stereocenters. The maximum atomic E-state index is 12.6. The van der Waals surface area contributed by atoms with Crippen molar-refractivity contribution in [2.75, 3.05) is 23.3 Å². The lowest BCUT2D eigenvalue weighted by molar-refractivity contribution is -0.137. The minimum atomic E-state index is -4.39. The quantitative estimate of drug-likeness (QED) is 0.806. The van der Waals surface area contributed by atoms with Gasteiger partial charge in [0.1, 0.15) is 6.29 Å². The number of benzene rings is 2. The molecule has 0 bridgehead atoms. The lowest BCUT2D eigenvalue weighted by atomic mass is 9.95. The first-order valence-electron chi connectivity index (χ1n) is 8.65. The van der Waals surface area contributed by atoms with Crippen LogP contribution in [0.5, 0.6) is 0 Å². The average molecular weight is 376 g/mol. The molecule has 27 heavy (non-hydrogen) atoms. The Bertz CT molecular complexity index is 793. The molecule has 3 rings (SSSR count). The highest BCUT2D eigenvalue weighted by Crippen LogP contribution is 2.30. The van der Waals surface area contributed by atoms with Crippen molar-refractivity contribution >= 4 is 23.6 Å². The number of halogens is 3. The fraction of sp³-hybridized carbons (Fsp3) is 0.300. The largest absolute Gasteiger partial charge is 0.416 e. The Labute approximate surface area is 155 Å². The Balaban J connectivity index is 1.54. The summed E-state index contributed by atoms with van der Waals surface area (Å²) in [5, 5.41) is 2.70. The molecule has 2 aromatic carbocycles. The van der Waals surface area contributed by atoms with Crippen molar-refractivity contribution in [2.24, 2.45) is 5.92 Å². The summed E-state index contributed by atoms with van der Waals surface area (Å²) < 4.78 is 37.7. The number of piperidine rings is 1. The summed E-state index contributed by atoms with van der Waals surface area (Å²) in [7, 11) is 0. The SMILES string of the molecule is O=Cc1ccc(N2CCC(C(=O)Nc3ccc(C(F)(F)F)cc3)CC2)cc1. The van der Waals surface area contributed by atoms with Gasteiger partial charge in [-0.25, -0.2) is 0 Å². The maximum Gasteiger partial charge on any atom is 0.416 e. The number of carbonyl (C=O) groups is 2. The van der Waals surface area contributed by atoms with E-state index in [2.05, 4.69) is 10.2 Å². The van der Waals surface area contributed by atoms with Crippen LogP contribution in [-0.2, 0) is 11.0 Å². The molecule has 1 amide bonds. The van der Waals surface area contributed by atoms with E-state index in [0.717, 1.165) is 24.1 Å². The van der Waals surface area contributed by atoms with Crippen molar-refractivity contribution in [3.8, 4) is 0 Å². The van der Waals surface area contributed by atoms with Gasteiger partial charge in [0, 0.05) is 35.9 Å². The number of alkyl halides is 3. The van der Waals surface area contributed by atoms with Crippen LogP contribution in [0, 0.1) is 5.92 Å². The maximum absolute atomic E-state index is 12.6. The van der Waals surface area contributed by atoms with E-state index in [1.54, 1.807) is 12.1 Å². The normalized spacial score (nSPS) is 15.4. The van der Waals surface area contributed by atoms with E-state index < -0.39 is 11.7 Å². The zero-order valence-corrected chi connectivity index (χ0v) is 14.5. The molecule has 0 spiro atoms. The third-order valence-electron chi connectivity index (χ3n) is 4.74. The van der Waals surface area contributed by atoms with E-state index in [1.807, 2.05) is 12.1 Å². The minimum absolute atomic E-state index is 0.175. The van der Waals surface area contributed by atoms with E-state index in [-0.39, 0.29) is 11.8 Å². The summed E-state index contributed by atoms with van der Waals surface area (Å²) in [5.41, 5.74) is 1.24. The number of anilines is 2. The molecule has 0 radical (unpaired) electrons. The zero-order chi connectivity index (χ0) is 19.4. The van der Waals surface area contributed by atoms with Gasteiger partial charge in [0.15, 0.2) is 0 Å². The summed E-state index contributed by atoms with van der Waals surface area (Å²) in [5.74, 6) is -0.358. The van der Waals surface area contributed by atoms with Crippen LogP contribution in [0.2, 0.25) is 0 Å². The van der Waals surface area contributed by atoms with Crippen LogP contribution in [0.1, 0.15) is 28.8 Å². The molecule has 0 aliphatic carbocycles. The van der Waals surface area contributed by atoms with Crippen molar-refractivity contribution < 1.29 is 22.8 Å². The molecule has 2 aromatic rings. The van der Waals surface area contributed by atoms with Crippen LogP contribution >= 0.6 is 0 Å². The molecule has 142 valence electrons. The zero-order valence-electron chi connectivity index (χ0n) is 14.5. The average Bonchev–Trinajstić information content (AvgIpc) is 2.68. The second-order valence-corrected chi connectivity index (χ2v) is 6.54. The second kappa shape index (κ2) is 7.82. The highest BCUT2D eigenvalue weighted by molar-refractivity contribution is 5.92. The van der Waals surface area contributed by atoms with Crippen molar-refractivity contribution in [3.63, 3.8) is 0 Å². The molecule has 0 atom stereocenters. The summed E-state index contributed by atoms with van der Waals surface area (Å²) in [6.07, 6.45) is -2.29. The summed E-state index contributed by atoms with van der Waals surface area (Å²) >= 11 is 0. The van der Waals surface area contributed by atoms with Gasteiger partial charge < -0.3 is 10.2 Å². The Morgan fingerprint density at radius 3 is 2.11 bits per heavy atom. The van der Waals surface area contributed by atoms with Gasteiger partial charge in [-0.15, -0.1) is 0 Å². The molecule has 7 heteroatoms. The van der Waals surface area contributed by atoms with E-state index in [0.29, 0.717) is 37.2 Å². The lowest BCUT2D eigenvalue weighted by Gasteiger charge is -2.33. The second-order valence-electron chi connectivity index (χ2n) is 6.54. The molecule has 1 aliphatic rings. The molecule has 1 N–H and O–H groups in total. The predicted molar refractivity (Wildman–Crippen MR) is 96.8 cm³/mol. The van der Waals surface area contributed by atoms with Crippen LogP contribution in [0.3, 0.4) is 0 Å². The number of hydrogen-bond donors (Lipinski definition) is 1. The van der Waals surface area contributed by atoms with Gasteiger partial charge in [0.05, 0.1) is 5.56 Å². The standard InChI is InChI=1S/C20H19F3N2O2/c21-20(22,23)16-3-5-17(6-4-16)24-19(27)15-9-11-25(12-10-15)18-7-1-14(13-26)2-8-18/h1-8,13,15H,9-12H2,(H,24,27). The molecular weight excluding hydrogens is 357 g/mol. The van der Waals surface area contributed by atoms with E-state index in [1.165, 1.54) is 12.1 Å². The number of amides is 1. The molecular formula is C20H19F3N2O2. The molecule has 1 heterocycles. The van der Waals surface area contributed by atoms with Gasteiger partial charge in [-0.1, -0.05) is 0 Å². The van der Waals surface area contributed by atoms with Crippen LogP contribution in [0.15, 0.2) is 48.5 Å². The summed E-state index contributed by atoms with van der Waals surface area (Å²) in [6.45, 7) is 1.40. The predicted octanol–water partition coefficient (Wildman–Crippen LogP) is 4.37. The smallest absolute Gasteiger partial charge is 0.371 e. The first-order chi connectivity index (χ1) is 12.9. The molecule has 1 saturated heterocycles. The van der Waals surface area contributed by atoms with Crippen LogP contribution in [-0.4, -0.2) is 25.3 Å². The van der Waals surface area contributed by atoms with Crippen LogP contribution in [0.4, 0.5) is 24.5 Å². The molecule has 1 aliphatic heterocycles. The van der Waals surface area contributed by atoms with Crippen molar-refractivity contribution in [1.29, 1.82) is 0 Å². The number of rotatable bonds is 4. The summed E-state index contributed by atoms with van der Waals surface area (Å²) in [4.78, 5) is 25.3. The highest BCUT2D eigenvalue weighted by Gasteiger charge is 2.30. The first-order valence-corrected chi connectivity index (χ1v) is 8.65. The Morgan fingerprint density at radius 1 is 1.00 bits per heavy atom. The van der Waals surface area contributed by atoms with Crippen LogP contribution in [0.25, 0.3) is 0 Å². The van der Waals surface area contributed by atoms with E-state index in [9.17, 15) is 22.8 Å². The molecule has 0 aromatic heterocycles. The van der Waals surface area contributed by atoms with E-state index in [4.69, 9.17) is 0 Å². The van der Waals surface area contributed by atoms with Crippen molar-refractivity contribution in [3.05, 3.63) is 59.7 Å². The van der Waals surface area contributed by atoms with Gasteiger partial charge in [-0.3, -0.25) is 9.59 Å². The van der Waals surface area contributed by atoms with Gasteiger partial charge in [-0.2, -0.15) is 13.2 Å². The van der Waals surface area contributed by atoms with Gasteiger partial charge in [0.25, 0.3) is 0 Å².